The van der Waals surface area contributed by atoms with Crippen LogP contribution in [0.2, 0.25) is 0 Å². The molecule has 1 unspecified atom stereocenters. The molecule has 4 amide bonds. The molecule has 7 heteroatoms. The van der Waals surface area contributed by atoms with E-state index in [4.69, 9.17) is 0 Å². The third kappa shape index (κ3) is 3.14. The molecular weight excluding hydrogens is 350 g/mol. The minimum atomic E-state index is -0.482. The lowest BCUT2D eigenvalue weighted by molar-refractivity contribution is -0.134. The van der Waals surface area contributed by atoms with E-state index in [1.165, 1.54) is 4.90 Å². The van der Waals surface area contributed by atoms with Gasteiger partial charge in [-0.05, 0) is 41.3 Å². The molecule has 2 aliphatic heterocycles. The Morgan fingerprint density at radius 2 is 2.04 bits per heavy atom. The first-order valence-electron chi connectivity index (χ1n) is 8.73. The molecule has 1 fully saturated rings. The Morgan fingerprint density at radius 1 is 1.23 bits per heavy atom. The quantitative estimate of drug-likeness (QED) is 0.822. The van der Waals surface area contributed by atoms with Gasteiger partial charge in [-0.2, -0.15) is 16.3 Å². The summed E-state index contributed by atoms with van der Waals surface area (Å²) in [5.74, 6) is -0.571. The van der Waals surface area contributed by atoms with Crippen molar-refractivity contribution in [2.45, 2.75) is 25.3 Å². The van der Waals surface area contributed by atoms with Crippen molar-refractivity contribution in [1.82, 2.24) is 9.80 Å². The fourth-order valence-corrected chi connectivity index (χ4v) is 4.31. The Kier molecular flexibility index (Phi) is 4.55. The van der Waals surface area contributed by atoms with Crippen molar-refractivity contribution < 1.29 is 14.4 Å². The number of likely N-dealkylation sites (tertiary alicyclic amines) is 1. The van der Waals surface area contributed by atoms with Crippen LogP contribution in [0.1, 0.15) is 18.4 Å². The van der Waals surface area contributed by atoms with Gasteiger partial charge in [-0.1, -0.05) is 18.2 Å². The Hall–Kier alpha value is -2.54. The maximum Gasteiger partial charge on any atom is 0.350 e. The van der Waals surface area contributed by atoms with Gasteiger partial charge in [0.25, 0.3) is 0 Å². The van der Waals surface area contributed by atoms with E-state index in [-0.39, 0.29) is 17.9 Å². The van der Waals surface area contributed by atoms with Crippen molar-refractivity contribution in [3.05, 3.63) is 46.7 Å². The zero-order valence-corrected chi connectivity index (χ0v) is 15.0. The summed E-state index contributed by atoms with van der Waals surface area (Å²) in [7, 11) is 0. The van der Waals surface area contributed by atoms with E-state index in [0.29, 0.717) is 38.1 Å². The zero-order valence-electron chi connectivity index (χ0n) is 14.2. The van der Waals surface area contributed by atoms with Crippen molar-refractivity contribution >= 4 is 34.9 Å². The standard InChI is InChI=1S/C19H19N3O3S/c23-17(11-13-7-10-26-12-13)21-8-5-14(6-9-21)22-18(24)15-3-1-2-4-16(15)20-19(22)25/h1-4,7,10,12,14-15H,5-6,8-9,11H2. The Bertz CT molecular complexity index is 817. The van der Waals surface area contributed by atoms with Crippen LogP contribution in [0, 0.1) is 5.92 Å². The van der Waals surface area contributed by atoms with Gasteiger partial charge < -0.3 is 4.90 Å². The number of hydrogen-bond donors (Lipinski definition) is 0. The monoisotopic (exact) mass is 369 g/mol. The molecule has 0 spiro atoms. The molecule has 134 valence electrons. The van der Waals surface area contributed by atoms with Gasteiger partial charge in [0.1, 0.15) is 0 Å². The van der Waals surface area contributed by atoms with Gasteiger partial charge in [-0.25, -0.2) is 4.79 Å². The number of allylic oxidation sites excluding steroid dienone is 3. The van der Waals surface area contributed by atoms with Gasteiger partial charge >= 0.3 is 6.03 Å². The summed E-state index contributed by atoms with van der Waals surface area (Å²) in [5, 5.41) is 3.95. The molecule has 0 radical (unpaired) electrons. The normalized spacial score (nSPS) is 23.2. The third-order valence-corrected chi connectivity index (χ3v) is 5.78. The summed E-state index contributed by atoms with van der Waals surface area (Å²) in [6, 6.07) is 1.29. The molecule has 0 saturated carbocycles. The van der Waals surface area contributed by atoms with E-state index in [9.17, 15) is 14.4 Å². The van der Waals surface area contributed by atoms with E-state index in [1.807, 2.05) is 21.7 Å². The van der Waals surface area contributed by atoms with E-state index in [1.54, 1.807) is 35.6 Å². The van der Waals surface area contributed by atoms with Crippen LogP contribution < -0.4 is 0 Å². The highest BCUT2D eigenvalue weighted by Crippen LogP contribution is 2.26. The van der Waals surface area contributed by atoms with E-state index < -0.39 is 11.9 Å². The van der Waals surface area contributed by atoms with Crippen LogP contribution in [0.5, 0.6) is 0 Å². The van der Waals surface area contributed by atoms with Crippen molar-refractivity contribution in [3.8, 4) is 0 Å². The summed E-state index contributed by atoms with van der Waals surface area (Å²) in [6.45, 7) is 1.11. The summed E-state index contributed by atoms with van der Waals surface area (Å²) < 4.78 is 0. The van der Waals surface area contributed by atoms with Crippen LogP contribution in [0.3, 0.4) is 0 Å². The van der Waals surface area contributed by atoms with Gasteiger partial charge in [0.15, 0.2) is 0 Å². The second-order valence-electron chi connectivity index (χ2n) is 6.67. The van der Waals surface area contributed by atoms with Crippen molar-refractivity contribution in [2.75, 3.05) is 13.1 Å². The lowest BCUT2D eigenvalue weighted by atomic mass is 9.93. The lowest BCUT2D eigenvalue weighted by Crippen LogP contribution is -2.54. The lowest BCUT2D eigenvalue weighted by Gasteiger charge is -2.39. The molecule has 1 saturated heterocycles. The highest BCUT2D eigenvalue weighted by Gasteiger charge is 2.40. The molecule has 1 atom stereocenters. The number of aliphatic imine (C=N–C) groups is 1. The highest BCUT2D eigenvalue weighted by atomic mass is 32.1. The van der Waals surface area contributed by atoms with Crippen molar-refractivity contribution in [3.63, 3.8) is 0 Å². The fourth-order valence-electron chi connectivity index (χ4n) is 3.64. The number of amides is 4. The summed E-state index contributed by atoms with van der Waals surface area (Å²) in [4.78, 5) is 44.7. The molecule has 0 bridgehead atoms. The molecule has 3 aliphatic rings. The van der Waals surface area contributed by atoms with Crippen LogP contribution in [-0.2, 0) is 16.0 Å². The van der Waals surface area contributed by atoms with Crippen molar-refractivity contribution in [2.24, 2.45) is 10.9 Å². The molecule has 26 heavy (non-hydrogen) atoms. The predicted octanol–water partition coefficient (Wildman–Crippen LogP) is 2.43. The number of nitrogens with zero attached hydrogens (tertiary/aromatic N) is 3. The number of hydrogen-bond acceptors (Lipinski definition) is 4. The van der Waals surface area contributed by atoms with Gasteiger partial charge in [-0.15, -0.1) is 0 Å². The van der Waals surface area contributed by atoms with Crippen LogP contribution in [0.4, 0.5) is 4.79 Å². The largest absolute Gasteiger partial charge is 0.350 e. The molecule has 3 heterocycles. The Labute approximate surface area is 155 Å². The number of urea groups is 1. The first-order valence-corrected chi connectivity index (χ1v) is 9.67. The molecular formula is C19H19N3O3S. The van der Waals surface area contributed by atoms with Crippen LogP contribution in [0.15, 0.2) is 46.1 Å². The van der Waals surface area contributed by atoms with E-state index in [2.05, 4.69) is 4.99 Å². The maximum atomic E-state index is 12.8. The second kappa shape index (κ2) is 6.99. The maximum absolute atomic E-state index is 12.8. The number of fused-ring (bicyclic) bond motifs is 1. The van der Waals surface area contributed by atoms with Crippen molar-refractivity contribution in [1.29, 1.82) is 0 Å². The molecule has 1 aliphatic carbocycles. The molecule has 1 aromatic heterocycles. The molecule has 0 aromatic carbocycles. The van der Waals surface area contributed by atoms with E-state index in [0.717, 1.165) is 5.56 Å². The topological polar surface area (TPSA) is 70.1 Å². The van der Waals surface area contributed by atoms with E-state index >= 15 is 0 Å². The first-order chi connectivity index (χ1) is 12.6. The number of rotatable bonds is 3. The minimum absolute atomic E-state index is 0.0961. The van der Waals surface area contributed by atoms with Gasteiger partial charge in [0.2, 0.25) is 11.8 Å². The molecule has 6 nitrogen and oxygen atoms in total. The minimum Gasteiger partial charge on any atom is -0.342 e. The van der Waals surface area contributed by atoms with Crippen LogP contribution >= 0.6 is 11.3 Å². The highest BCUT2D eigenvalue weighted by molar-refractivity contribution is 7.08. The first kappa shape index (κ1) is 16.9. The number of carbonyl (C=O) groups excluding carboxylic acids is 3. The molecule has 0 N–H and O–H groups in total. The SMILES string of the molecule is O=C(Cc1ccsc1)N1CCC(N2C(=O)N=C3C=CC=CC3C2=O)CC1. The average Bonchev–Trinajstić information content (AvgIpc) is 3.15. The number of thiophene rings is 1. The second-order valence-corrected chi connectivity index (χ2v) is 7.45. The summed E-state index contributed by atoms with van der Waals surface area (Å²) in [6.07, 6.45) is 8.69. The van der Waals surface area contributed by atoms with Crippen LogP contribution in [-0.4, -0.2) is 52.5 Å². The predicted molar refractivity (Wildman–Crippen MR) is 99.1 cm³/mol. The number of imide groups is 1. The third-order valence-electron chi connectivity index (χ3n) is 5.05. The summed E-state index contributed by atoms with van der Waals surface area (Å²) >= 11 is 1.58. The number of carbonyl (C=O) groups is 3. The van der Waals surface area contributed by atoms with Crippen LogP contribution in [0.25, 0.3) is 0 Å². The van der Waals surface area contributed by atoms with Gasteiger partial charge in [0.05, 0.1) is 18.1 Å². The Morgan fingerprint density at radius 3 is 2.77 bits per heavy atom. The zero-order chi connectivity index (χ0) is 18.1. The Balaban J connectivity index is 1.40. The number of piperidine rings is 1. The molecule has 1 aromatic rings. The summed E-state index contributed by atoms with van der Waals surface area (Å²) in [5.41, 5.74) is 1.55. The fraction of sp³-hybridized carbons (Fsp3) is 0.368. The van der Waals surface area contributed by atoms with Gasteiger partial charge in [0, 0.05) is 19.1 Å². The average molecular weight is 369 g/mol. The smallest absolute Gasteiger partial charge is 0.342 e. The van der Waals surface area contributed by atoms with Gasteiger partial charge in [-0.3, -0.25) is 14.5 Å². The molecule has 4 rings (SSSR count).